The predicted octanol–water partition coefficient (Wildman–Crippen LogP) is 1.76. The van der Waals surface area contributed by atoms with Crippen molar-refractivity contribution in [2.75, 3.05) is 7.05 Å². The van der Waals surface area contributed by atoms with Crippen LogP contribution in [0.4, 0.5) is 0 Å². The summed E-state index contributed by atoms with van der Waals surface area (Å²) in [5.41, 5.74) is 1.04. The molecule has 17 heavy (non-hydrogen) atoms. The molecule has 0 aliphatic heterocycles. The van der Waals surface area contributed by atoms with E-state index in [9.17, 15) is 4.79 Å². The van der Waals surface area contributed by atoms with Crippen molar-refractivity contribution in [1.82, 2.24) is 14.7 Å². The van der Waals surface area contributed by atoms with E-state index in [0.717, 1.165) is 5.56 Å². The summed E-state index contributed by atoms with van der Waals surface area (Å²) >= 11 is 0. The first kappa shape index (κ1) is 13.7. The van der Waals surface area contributed by atoms with Gasteiger partial charge < -0.3 is 5.11 Å². The van der Waals surface area contributed by atoms with Crippen LogP contribution in [0.5, 0.6) is 0 Å². The summed E-state index contributed by atoms with van der Waals surface area (Å²) in [6.07, 6.45) is 4.37. The van der Waals surface area contributed by atoms with Gasteiger partial charge in [-0.15, -0.1) is 0 Å². The second-order valence-electron chi connectivity index (χ2n) is 4.60. The van der Waals surface area contributed by atoms with Gasteiger partial charge in [0.1, 0.15) is 6.04 Å². The van der Waals surface area contributed by atoms with Gasteiger partial charge in [-0.05, 0) is 27.3 Å². The molecule has 0 radical (unpaired) electrons. The number of rotatable bonds is 6. The molecule has 5 heteroatoms. The molecule has 1 heterocycles. The van der Waals surface area contributed by atoms with E-state index in [1.165, 1.54) is 0 Å². The Bertz CT molecular complexity index is 374. The summed E-state index contributed by atoms with van der Waals surface area (Å²) < 4.78 is 1.88. The molecule has 96 valence electrons. The molecule has 1 aromatic rings. The highest BCUT2D eigenvalue weighted by atomic mass is 16.4. The molecule has 0 saturated carbocycles. The number of aliphatic carboxylic acids is 1. The second-order valence-corrected chi connectivity index (χ2v) is 4.60. The standard InChI is InChI=1S/C12H21N3O2/c1-5-11(12(16)17)14(4)7-10-6-13-15(8-10)9(2)3/h6,8-9,11H,5,7H2,1-4H3,(H,16,17). The molecule has 0 aliphatic rings. The lowest BCUT2D eigenvalue weighted by atomic mass is 10.2. The van der Waals surface area contributed by atoms with Gasteiger partial charge in [0, 0.05) is 24.3 Å². The smallest absolute Gasteiger partial charge is 0.320 e. The minimum atomic E-state index is -0.772. The summed E-state index contributed by atoms with van der Waals surface area (Å²) in [6.45, 7) is 6.61. The van der Waals surface area contributed by atoms with Crippen LogP contribution in [0.2, 0.25) is 0 Å². The minimum Gasteiger partial charge on any atom is -0.480 e. The lowest BCUT2D eigenvalue weighted by Crippen LogP contribution is -2.37. The van der Waals surface area contributed by atoms with Crippen LogP contribution in [-0.4, -0.2) is 38.8 Å². The first-order chi connectivity index (χ1) is 7.95. The molecule has 0 saturated heterocycles. The Morgan fingerprint density at radius 1 is 1.59 bits per heavy atom. The van der Waals surface area contributed by atoms with Crippen molar-refractivity contribution in [3.8, 4) is 0 Å². The molecule has 0 spiro atoms. The first-order valence-corrected chi connectivity index (χ1v) is 5.91. The van der Waals surface area contributed by atoms with Crippen LogP contribution in [0, 0.1) is 0 Å². The summed E-state index contributed by atoms with van der Waals surface area (Å²) in [5.74, 6) is -0.772. The lowest BCUT2D eigenvalue weighted by molar-refractivity contribution is -0.143. The Morgan fingerprint density at radius 3 is 2.65 bits per heavy atom. The van der Waals surface area contributed by atoms with E-state index in [0.29, 0.717) is 19.0 Å². The van der Waals surface area contributed by atoms with E-state index in [1.54, 1.807) is 6.20 Å². The highest BCUT2D eigenvalue weighted by Crippen LogP contribution is 2.10. The number of likely N-dealkylation sites (N-methyl/N-ethyl adjacent to an activating group) is 1. The zero-order chi connectivity index (χ0) is 13.0. The third-order valence-corrected chi connectivity index (χ3v) is 2.82. The van der Waals surface area contributed by atoms with Crippen molar-refractivity contribution in [2.45, 2.75) is 45.8 Å². The van der Waals surface area contributed by atoms with E-state index in [-0.39, 0.29) is 0 Å². The zero-order valence-corrected chi connectivity index (χ0v) is 10.9. The van der Waals surface area contributed by atoms with Crippen molar-refractivity contribution in [3.63, 3.8) is 0 Å². The van der Waals surface area contributed by atoms with E-state index in [1.807, 2.05) is 29.7 Å². The van der Waals surface area contributed by atoms with Crippen molar-refractivity contribution < 1.29 is 9.90 Å². The molecule has 0 aliphatic carbocycles. The van der Waals surface area contributed by atoms with Gasteiger partial charge in [0.2, 0.25) is 0 Å². The van der Waals surface area contributed by atoms with E-state index in [2.05, 4.69) is 18.9 Å². The molecule has 1 rings (SSSR count). The molecule has 0 aromatic carbocycles. The monoisotopic (exact) mass is 239 g/mol. The van der Waals surface area contributed by atoms with Gasteiger partial charge in [-0.2, -0.15) is 5.10 Å². The number of carboxylic acids is 1. The summed E-state index contributed by atoms with van der Waals surface area (Å²) in [7, 11) is 1.83. The minimum absolute atomic E-state index is 0.329. The fourth-order valence-corrected chi connectivity index (χ4v) is 1.81. The largest absolute Gasteiger partial charge is 0.480 e. The maximum absolute atomic E-state index is 11.0. The topological polar surface area (TPSA) is 58.4 Å². The fraction of sp³-hybridized carbons (Fsp3) is 0.667. The van der Waals surface area contributed by atoms with Crippen molar-refractivity contribution in [1.29, 1.82) is 0 Å². The van der Waals surface area contributed by atoms with E-state index < -0.39 is 12.0 Å². The molecule has 1 atom stereocenters. The third kappa shape index (κ3) is 3.56. The number of hydrogen-bond donors (Lipinski definition) is 1. The Morgan fingerprint density at radius 2 is 2.24 bits per heavy atom. The number of nitrogens with zero attached hydrogens (tertiary/aromatic N) is 3. The quantitative estimate of drug-likeness (QED) is 0.821. The van der Waals surface area contributed by atoms with Gasteiger partial charge in [-0.3, -0.25) is 14.4 Å². The normalized spacial score (nSPS) is 13.3. The molecule has 0 amide bonds. The number of aromatic nitrogens is 2. The highest BCUT2D eigenvalue weighted by Gasteiger charge is 2.20. The maximum Gasteiger partial charge on any atom is 0.320 e. The van der Waals surface area contributed by atoms with Crippen LogP contribution >= 0.6 is 0 Å². The SMILES string of the molecule is CCC(C(=O)O)N(C)Cc1cnn(C(C)C)c1. The zero-order valence-electron chi connectivity index (χ0n) is 10.9. The molecule has 0 bridgehead atoms. The van der Waals surface area contributed by atoms with Gasteiger partial charge in [-0.1, -0.05) is 6.92 Å². The van der Waals surface area contributed by atoms with Crippen molar-refractivity contribution >= 4 is 5.97 Å². The van der Waals surface area contributed by atoms with Crippen molar-refractivity contribution in [2.24, 2.45) is 0 Å². The number of carbonyl (C=O) groups is 1. The number of carboxylic acid groups (broad SMARTS) is 1. The lowest BCUT2D eigenvalue weighted by Gasteiger charge is -2.22. The third-order valence-electron chi connectivity index (χ3n) is 2.82. The Hall–Kier alpha value is -1.36. The summed E-state index contributed by atoms with van der Waals surface area (Å²) in [6, 6.07) is -0.104. The first-order valence-electron chi connectivity index (χ1n) is 5.91. The van der Waals surface area contributed by atoms with Gasteiger partial charge in [0.25, 0.3) is 0 Å². The molecule has 5 nitrogen and oxygen atoms in total. The molecule has 0 fully saturated rings. The molecular weight excluding hydrogens is 218 g/mol. The average molecular weight is 239 g/mol. The average Bonchev–Trinajstić information content (AvgIpc) is 2.66. The molecule has 1 aromatic heterocycles. The number of hydrogen-bond acceptors (Lipinski definition) is 3. The van der Waals surface area contributed by atoms with Gasteiger partial charge in [-0.25, -0.2) is 0 Å². The molecule has 1 N–H and O–H groups in total. The second kappa shape index (κ2) is 5.82. The van der Waals surface area contributed by atoms with Gasteiger partial charge in [0.05, 0.1) is 6.20 Å². The van der Waals surface area contributed by atoms with E-state index >= 15 is 0 Å². The van der Waals surface area contributed by atoms with Crippen LogP contribution in [0.15, 0.2) is 12.4 Å². The van der Waals surface area contributed by atoms with Crippen LogP contribution in [0.25, 0.3) is 0 Å². The fourth-order valence-electron chi connectivity index (χ4n) is 1.81. The highest BCUT2D eigenvalue weighted by molar-refractivity contribution is 5.73. The Kier molecular flexibility index (Phi) is 4.69. The van der Waals surface area contributed by atoms with Crippen LogP contribution < -0.4 is 0 Å². The summed E-state index contributed by atoms with van der Waals surface area (Å²) in [5, 5.41) is 13.3. The van der Waals surface area contributed by atoms with Crippen LogP contribution in [0.1, 0.15) is 38.8 Å². The van der Waals surface area contributed by atoms with Gasteiger partial charge in [0.15, 0.2) is 0 Å². The predicted molar refractivity (Wildman–Crippen MR) is 65.8 cm³/mol. The van der Waals surface area contributed by atoms with Crippen molar-refractivity contribution in [3.05, 3.63) is 18.0 Å². The Labute approximate surface area is 102 Å². The van der Waals surface area contributed by atoms with E-state index in [4.69, 9.17) is 5.11 Å². The van der Waals surface area contributed by atoms with Gasteiger partial charge >= 0.3 is 5.97 Å². The van der Waals surface area contributed by atoms with Crippen LogP contribution in [-0.2, 0) is 11.3 Å². The molecular formula is C12H21N3O2. The van der Waals surface area contributed by atoms with Crippen LogP contribution in [0.3, 0.4) is 0 Å². The maximum atomic E-state index is 11.0. The molecule has 1 unspecified atom stereocenters. The Balaban J connectivity index is 2.66. The summed E-state index contributed by atoms with van der Waals surface area (Å²) in [4.78, 5) is 12.9.